The highest BCUT2D eigenvalue weighted by atomic mass is 19.1. The maximum atomic E-state index is 13.1. The normalized spacial score (nSPS) is 10.3. The number of pyridine rings is 1. The van der Waals surface area contributed by atoms with Gasteiger partial charge >= 0.3 is 0 Å². The molecule has 4 nitrogen and oxygen atoms in total. The zero-order chi connectivity index (χ0) is 17.8. The first kappa shape index (κ1) is 16.5. The molecule has 0 radical (unpaired) electrons. The number of methoxy groups -OCH3 is 1. The summed E-state index contributed by atoms with van der Waals surface area (Å²) in [4.78, 5) is 12.6. The van der Waals surface area contributed by atoms with Crippen LogP contribution in [0.4, 0.5) is 4.39 Å². The smallest absolute Gasteiger partial charge is 0.269 e. The second-order valence-corrected chi connectivity index (χ2v) is 5.49. The van der Waals surface area contributed by atoms with E-state index in [9.17, 15) is 9.18 Å². The van der Waals surface area contributed by atoms with Gasteiger partial charge in [0.25, 0.3) is 5.56 Å². The highest BCUT2D eigenvalue weighted by Gasteiger charge is 2.11. The second-order valence-electron chi connectivity index (χ2n) is 5.49. The second kappa shape index (κ2) is 7.02. The van der Waals surface area contributed by atoms with Crippen molar-refractivity contribution >= 4 is 0 Å². The van der Waals surface area contributed by atoms with Crippen LogP contribution in [0.25, 0.3) is 11.3 Å². The van der Waals surface area contributed by atoms with Crippen LogP contribution in [0.15, 0.2) is 65.5 Å². The monoisotopic (exact) mass is 334 g/mol. The minimum Gasteiger partial charge on any atom is -0.497 e. The van der Waals surface area contributed by atoms with Gasteiger partial charge in [0.1, 0.15) is 23.2 Å². The molecule has 5 heteroatoms. The molecule has 2 aromatic carbocycles. The van der Waals surface area contributed by atoms with Gasteiger partial charge in [-0.3, -0.25) is 4.79 Å². The number of nitrogens with zero attached hydrogens (tertiary/aromatic N) is 2. The number of nitriles is 1. The van der Waals surface area contributed by atoms with E-state index >= 15 is 0 Å². The molecule has 25 heavy (non-hydrogen) atoms. The molecule has 0 N–H and O–H groups in total. The van der Waals surface area contributed by atoms with Crippen LogP contribution in [0, 0.1) is 17.1 Å². The molecule has 0 spiro atoms. The maximum absolute atomic E-state index is 13.1. The van der Waals surface area contributed by atoms with Crippen LogP contribution >= 0.6 is 0 Å². The van der Waals surface area contributed by atoms with Gasteiger partial charge in [-0.05, 0) is 59.7 Å². The van der Waals surface area contributed by atoms with Crippen LogP contribution in [-0.2, 0) is 6.54 Å². The molecule has 0 atom stereocenters. The number of benzene rings is 2. The predicted molar refractivity (Wildman–Crippen MR) is 92.9 cm³/mol. The molecule has 3 rings (SSSR count). The molecule has 1 heterocycles. The zero-order valence-corrected chi connectivity index (χ0v) is 13.6. The molecule has 0 aliphatic rings. The summed E-state index contributed by atoms with van der Waals surface area (Å²) in [5.41, 5.74) is 1.97. The van der Waals surface area contributed by atoms with Gasteiger partial charge in [0, 0.05) is 0 Å². The van der Waals surface area contributed by atoms with E-state index in [4.69, 9.17) is 10.00 Å². The molecular formula is C20H15FN2O2. The highest BCUT2D eigenvalue weighted by molar-refractivity contribution is 5.61. The Bertz CT molecular complexity index is 984. The van der Waals surface area contributed by atoms with E-state index in [1.165, 1.54) is 22.8 Å². The van der Waals surface area contributed by atoms with E-state index < -0.39 is 0 Å². The van der Waals surface area contributed by atoms with Crippen LogP contribution in [0.2, 0.25) is 0 Å². The van der Waals surface area contributed by atoms with Crippen molar-refractivity contribution < 1.29 is 9.13 Å². The van der Waals surface area contributed by atoms with Crippen LogP contribution in [0.1, 0.15) is 11.1 Å². The Balaban J connectivity index is 2.11. The number of ether oxygens (including phenoxy) is 1. The zero-order valence-electron chi connectivity index (χ0n) is 13.6. The van der Waals surface area contributed by atoms with Crippen molar-refractivity contribution in [3.63, 3.8) is 0 Å². The molecule has 0 fully saturated rings. The number of halogens is 1. The van der Waals surface area contributed by atoms with Crippen molar-refractivity contribution in [2.24, 2.45) is 0 Å². The third-order valence-corrected chi connectivity index (χ3v) is 3.93. The van der Waals surface area contributed by atoms with E-state index in [2.05, 4.69) is 0 Å². The van der Waals surface area contributed by atoms with Crippen molar-refractivity contribution in [3.8, 4) is 23.1 Å². The molecule has 0 aliphatic carbocycles. The van der Waals surface area contributed by atoms with Crippen molar-refractivity contribution in [2.45, 2.75) is 6.54 Å². The fraction of sp³-hybridized carbons (Fsp3) is 0.100. The van der Waals surface area contributed by atoms with E-state index in [0.29, 0.717) is 11.4 Å². The summed E-state index contributed by atoms with van der Waals surface area (Å²) in [5, 5.41) is 9.15. The Morgan fingerprint density at radius 2 is 1.72 bits per heavy atom. The summed E-state index contributed by atoms with van der Waals surface area (Å²) in [5.74, 6) is 0.377. The van der Waals surface area contributed by atoms with Crippen molar-refractivity contribution in [3.05, 3.63) is 88.0 Å². The Morgan fingerprint density at radius 1 is 1.04 bits per heavy atom. The summed E-state index contributed by atoms with van der Waals surface area (Å²) in [6.45, 7) is 0.246. The Morgan fingerprint density at radius 3 is 2.32 bits per heavy atom. The van der Waals surface area contributed by atoms with Gasteiger partial charge in [-0.2, -0.15) is 5.26 Å². The lowest BCUT2D eigenvalue weighted by Gasteiger charge is -2.14. The van der Waals surface area contributed by atoms with E-state index in [1.807, 2.05) is 18.2 Å². The Hall–Kier alpha value is -3.39. The molecule has 1 aromatic heterocycles. The Kier molecular flexibility index (Phi) is 4.62. The van der Waals surface area contributed by atoms with Gasteiger partial charge in [0.15, 0.2) is 0 Å². The van der Waals surface area contributed by atoms with E-state index in [1.54, 1.807) is 37.4 Å². The standard InChI is InChI=1S/C20H15FN2O2/c1-25-18-9-4-15(5-10-18)19-11-6-16(12-22)20(24)23(19)13-14-2-7-17(21)8-3-14/h2-11H,13H2,1H3. The van der Waals surface area contributed by atoms with Gasteiger partial charge < -0.3 is 9.30 Å². The molecule has 0 unspecified atom stereocenters. The first-order valence-electron chi connectivity index (χ1n) is 7.65. The third kappa shape index (κ3) is 3.43. The average molecular weight is 334 g/mol. The van der Waals surface area contributed by atoms with Gasteiger partial charge in [0.05, 0.1) is 19.3 Å². The summed E-state index contributed by atoms with van der Waals surface area (Å²) in [6, 6.07) is 18.4. The SMILES string of the molecule is COc1ccc(-c2ccc(C#N)c(=O)n2Cc2ccc(F)cc2)cc1. The van der Waals surface area contributed by atoms with E-state index in [-0.39, 0.29) is 23.5 Å². The van der Waals surface area contributed by atoms with Crippen molar-refractivity contribution in [1.29, 1.82) is 5.26 Å². The summed E-state index contributed by atoms with van der Waals surface area (Å²) < 4.78 is 19.8. The number of aromatic nitrogens is 1. The van der Waals surface area contributed by atoms with Gasteiger partial charge in [-0.1, -0.05) is 12.1 Å². The van der Waals surface area contributed by atoms with Gasteiger partial charge in [-0.15, -0.1) is 0 Å². The van der Waals surface area contributed by atoms with Crippen molar-refractivity contribution in [1.82, 2.24) is 4.57 Å². The topological polar surface area (TPSA) is 55.0 Å². The molecule has 0 saturated heterocycles. The van der Waals surface area contributed by atoms with Crippen LogP contribution in [-0.4, -0.2) is 11.7 Å². The maximum Gasteiger partial charge on any atom is 0.269 e. The fourth-order valence-electron chi connectivity index (χ4n) is 2.61. The first-order chi connectivity index (χ1) is 12.1. The minimum atomic E-state index is -0.375. The molecule has 3 aromatic rings. The lowest BCUT2D eigenvalue weighted by molar-refractivity contribution is 0.415. The van der Waals surface area contributed by atoms with Gasteiger partial charge in [0.2, 0.25) is 0 Å². The first-order valence-corrected chi connectivity index (χ1v) is 7.65. The molecule has 0 bridgehead atoms. The fourth-order valence-corrected chi connectivity index (χ4v) is 2.61. The summed E-state index contributed by atoms with van der Waals surface area (Å²) in [6.07, 6.45) is 0. The number of hydrogen-bond acceptors (Lipinski definition) is 3. The largest absolute Gasteiger partial charge is 0.497 e. The summed E-state index contributed by atoms with van der Waals surface area (Å²) >= 11 is 0. The van der Waals surface area contributed by atoms with Crippen molar-refractivity contribution in [2.75, 3.05) is 7.11 Å². The third-order valence-electron chi connectivity index (χ3n) is 3.93. The van der Waals surface area contributed by atoms with E-state index in [0.717, 1.165) is 11.1 Å². The highest BCUT2D eigenvalue weighted by Crippen LogP contribution is 2.22. The lowest BCUT2D eigenvalue weighted by Crippen LogP contribution is -2.24. The quantitative estimate of drug-likeness (QED) is 0.733. The molecule has 0 amide bonds. The average Bonchev–Trinajstić information content (AvgIpc) is 2.65. The predicted octanol–water partition coefficient (Wildman–Crippen LogP) is 3.58. The number of hydrogen-bond donors (Lipinski definition) is 0. The van der Waals surface area contributed by atoms with Crippen LogP contribution in [0.5, 0.6) is 5.75 Å². The lowest BCUT2D eigenvalue weighted by atomic mass is 10.1. The molecular weight excluding hydrogens is 319 g/mol. The minimum absolute atomic E-state index is 0.0689. The molecule has 0 saturated carbocycles. The number of rotatable bonds is 4. The Labute approximate surface area is 144 Å². The molecule has 124 valence electrons. The summed E-state index contributed by atoms with van der Waals surface area (Å²) in [7, 11) is 1.58. The van der Waals surface area contributed by atoms with Crippen LogP contribution in [0.3, 0.4) is 0 Å². The van der Waals surface area contributed by atoms with Crippen LogP contribution < -0.4 is 10.3 Å². The molecule has 0 aliphatic heterocycles. The van der Waals surface area contributed by atoms with Gasteiger partial charge in [-0.25, -0.2) is 4.39 Å².